The highest BCUT2D eigenvalue weighted by Gasteiger charge is 2.32. The fourth-order valence-corrected chi connectivity index (χ4v) is 4.69. The summed E-state index contributed by atoms with van der Waals surface area (Å²) in [5, 5.41) is 1.35. The summed E-state index contributed by atoms with van der Waals surface area (Å²) in [6.07, 6.45) is 3.53. The zero-order valence-electron chi connectivity index (χ0n) is 12.1. The topological polar surface area (TPSA) is 35.5 Å². The maximum atomic E-state index is 11.1. The number of rotatable bonds is 5. The molecule has 4 heteroatoms. The van der Waals surface area contributed by atoms with Gasteiger partial charge < -0.3 is 9.47 Å². The molecule has 0 radical (unpaired) electrons. The average Bonchev–Trinajstić information content (AvgIpc) is 2.43. The second-order valence-corrected chi connectivity index (χ2v) is 9.75. The SMILES string of the molecule is C/C=C/[C@H](COC(=O)OC)[Si](C)(C)c1ccccc1. The molecule has 1 aromatic rings. The Hall–Kier alpha value is -1.55. The van der Waals surface area contributed by atoms with E-state index in [0.717, 1.165) is 0 Å². The summed E-state index contributed by atoms with van der Waals surface area (Å²) in [6.45, 7) is 6.92. The van der Waals surface area contributed by atoms with E-state index in [9.17, 15) is 4.79 Å². The minimum absolute atomic E-state index is 0.235. The molecule has 104 valence electrons. The Kier molecular flexibility index (Phi) is 5.82. The molecule has 0 spiro atoms. The molecule has 0 aliphatic heterocycles. The number of benzene rings is 1. The molecular formula is C15H22O3Si. The van der Waals surface area contributed by atoms with Gasteiger partial charge in [-0.15, -0.1) is 0 Å². The molecule has 19 heavy (non-hydrogen) atoms. The highest BCUT2D eigenvalue weighted by molar-refractivity contribution is 6.91. The summed E-state index contributed by atoms with van der Waals surface area (Å²) >= 11 is 0. The van der Waals surface area contributed by atoms with Crippen LogP contribution in [0.3, 0.4) is 0 Å². The predicted octanol–water partition coefficient (Wildman–Crippen LogP) is 3.33. The van der Waals surface area contributed by atoms with Crippen LogP contribution < -0.4 is 5.19 Å². The molecule has 0 bridgehead atoms. The largest absolute Gasteiger partial charge is 0.507 e. The standard InChI is InChI=1S/C15H22O3Si/c1-5-9-14(12-18-15(16)17-2)19(3,4)13-10-7-6-8-11-13/h5-11,14H,12H2,1-4H3/b9-5+/t14-/m1/s1. The first-order valence-electron chi connectivity index (χ1n) is 6.41. The van der Waals surface area contributed by atoms with Crippen molar-refractivity contribution in [2.45, 2.75) is 25.6 Å². The molecule has 0 aliphatic carbocycles. The van der Waals surface area contributed by atoms with Gasteiger partial charge in [-0.1, -0.05) is 60.8 Å². The number of carbonyl (C=O) groups is 1. The van der Waals surface area contributed by atoms with Crippen LogP contribution in [0.5, 0.6) is 0 Å². The van der Waals surface area contributed by atoms with Gasteiger partial charge in [0.15, 0.2) is 0 Å². The van der Waals surface area contributed by atoms with E-state index in [0.29, 0.717) is 6.61 Å². The highest BCUT2D eigenvalue weighted by Crippen LogP contribution is 2.24. The van der Waals surface area contributed by atoms with Crippen LogP contribution in [-0.2, 0) is 9.47 Å². The van der Waals surface area contributed by atoms with Crippen molar-refractivity contribution in [1.82, 2.24) is 0 Å². The van der Waals surface area contributed by atoms with Crippen molar-refractivity contribution in [3.63, 3.8) is 0 Å². The van der Waals surface area contributed by atoms with Gasteiger partial charge in [-0.2, -0.15) is 0 Å². The minimum Gasteiger partial charge on any atom is -0.438 e. The van der Waals surface area contributed by atoms with Crippen molar-refractivity contribution >= 4 is 19.4 Å². The van der Waals surface area contributed by atoms with E-state index in [2.05, 4.69) is 48.2 Å². The van der Waals surface area contributed by atoms with Crippen LogP contribution in [-0.4, -0.2) is 27.9 Å². The van der Waals surface area contributed by atoms with Gasteiger partial charge in [-0.05, 0) is 6.92 Å². The van der Waals surface area contributed by atoms with Crippen LogP contribution in [0.15, 0.2) is 42.5 Å². The molecule has 3 nitrogen and oxygen atoms in total. The van der Waals surface area contributed by atoms with Gasteiger partial charge >= 0.3 is 6.16 Å². The van der Waals surface area contributed by atoms with Gasteiger partial charge in [0.1, 0.15) is 0 Å². The van der Waals surface area contributed by atoms with E-state index >= 15 is 0 Å². The first-order chi connectivity index (χ1) is 9.02. The zero-order chi connectivity index (χ0) is 14.3. The van der Waals surface area contributed by atoms with Gasteiger partial charge in [0.25, 0.3) is 0 Å². The van der Waals surface area contributed by atoms with Crippen LogP contribution in [0.4, 0.5) is 4.79 Å². The molecule has 0 amide bonds. The Labute approximate surface area is 116 Å². The second kappa shape index (κ2) is 7.14. The highest BCUT2D eigenvalue weighted by atomic mass is 28.3. The van der Waals surface area contributed by atoms with Gasteiger partial charge in [0.05, 0.1) is 21.8 Å². The monoisotopic (exact) mass is 278 g/mol. The quantitative estimate of drug-likeness (QED) is 0.471. The molecule has 0 fully saturated rings. The molecule has 0 aliphatic rings. The molecule has 0 aromatic heterocycles. The molecule has 1 aromatic carbocycles. The molecule has 0 unspecified atom stereocenters. The first-order valence-corrected chi connectivity index (χ1v) is 9.49. The summed E-state index contributed by atoms with van der Waals surface area (Å²) in [5.41, 5.74) is 0.235. The maximum Gasteiger partial charge on any atom is 0.507 e. The van der Waals surface area contributed by atoms with Crippen molar-refractivity contribution in [2.24, 2.45) is 0 Å². The molecule has 0 heterocycles. The molecule has 0 saturated heterocycles. The average molecular weight is 278 g/mol. The lowest BCUT2D eigenvalue weighted by molar-refractivity contribution is 0.0738. The van der Waals surface area contributed by atoms with E-state index in [4.69, 9.17) is 4.74 Å². The van der Waals surface area contributed by atoms with Crippen molar-refractivity contribution in [2.75, 3.05) is 13.7 Å². The third-order valence-corrected chi connectivity index (χ3v) is 7.45. The minimum atomic E-state index is -1.73. The summed E-state index contributed by atoms with van der Waals surface area (Å²) in [5.74, 6) is 0. The van der Waals surface area contributed by atoms with Crippen molar-refractivity contribution in [1.29, 1.82) is 0 Å². The Morgan fingerprint density at radius 2 is 1.95 bits per heavy atom. The van der Waals surface area contributed by atoms with Crippen LogP contribution in [0.25, 0.3) is 0 Å². The lowest BCUT2D eigenvalue weighted by Crippen LogP contribution is -2.47. The number of allylic oxidation sites excluding steroid dienone is 1. The van der Waals surface area contributed by atoms with Crippen molar-refractivity contribution in [3.05, 3.63) is 42.5 Å². The predicted molar refractivity (Wildman–Crippen MR) is 80.5 cm³/mol. The lowest BCUT2D eigenvalue weighted by Gasteiger charge is -2.30. The molecule has 0 N–H and O–H groups in total. The van der Waals surface area contributed by atoms with E-state index in [-0.39, 0.29) is 5.54 Å². The number of hydrogen-bond acceptors (Lipinski definition) is 3. The van der Waals surface area contributed by atoms with E-state index in [1.165, 1.54) is 12.3 Å². The number of hydrogen-bond donors (Lipinski definition) is 0. The first kappa shape index (κ1) is 15.5. The third kappa shape index (κ3) is 4.24. The second-order valence-electron chi connectivity index (χ2n) is 4.99. The molecular weight excluding hydrogens is 256 g/mol. The zero-order valence-corrected chi connectivity index (χ0v) is 13.1. The van der Waals surface area contributed by atoms with Crippen LogP contribution in [0.2, 0.25) is 18.6 Å². The fraction of sp³-hybridized carbons (Fsp3) is 0.400. The van der Waals surface area contributed by atoms with Crippen molar-refractivity contribution < 1.29 is 14.3 Å². The van der Waals surface area contributed by atoms with E-state index in [1.54, 1.807) is 0 Å². The Morgan fingerprint density at radius 3 is 2.47 bits per heavy atom. The normalized spacial score (nSPS) is 13.3. The van der Waals surface area contributed by atoms with Crippen LogP contribution >= 0.6 is 0 Å². The van der Waals surface area contributed by atoms with Crippen LogP contribution in [0, 0.1) is 0 Å². The number of methoxy groups -OCH3 is 1. The van der Waals surface area contributed by atoms with E-state index in [1.807, 2.05) is 19.1 Å². The lowest BCUT2D eigenvalue weighted by atomic mass is 10.4. The maximum absolute atomic E-state index is 11.1. The Balaban J connectivity index is 2.88. The van der Waals surface area contributed by atoms with Gasteiger partial charge in [0.2, 0.25) is 0 Å². The smallest absolute Gasteiger partial charge is 0.438 e. The van der Waals surface area contributed by atoms with E-state index < -0.39 is 14.2 Å². The van der Waals surface area contributed by atoms with Gasteiger partial charge in [-0.3, -0.25) is 0 Å². The fourth-order valence-electron chi connectivity index (χ4n) is 2.04. The Bertz CT molecular complexity index is 426. The number of ether oxygens (including phenoxy) is 2. The molecule has 1 rings (SSSR count). The molecule has 0 saturated carbocycles. The molecule has 1 atom stereocenters. The third-order valence-electron chi connectivity index (χ3n) is 3.42. The summed E-state index contributed by atoms with van der Waals surface area (Å²) in [6, 6.07) is 10.4. The summed E-state index contributed by atoms with van der Waals surface area (Å²) in [7, 11) is -0.403. The summed E-state index contributed by atoms with van der Waals surface area (Å²) < 4.78 is 9.66. The summed E-state index contributed by atoms with van der Waals surface area (Å²) in [4.78, 5) is 11.1. The van der Waals surface area contributed by atoms with Crippen molar-refractivity contribution in [3.8, 4) is 0 Å². The number of carbonyl (C=O) groups excluding carboxylic acids is 1. The van der Waals surface area contributed by atoms with Crippen LogP contribution in [0.1, 0.15) is 6.92 Å². The van der Waals surface area contributed by atoms with Gasteiger partial charge in [-0.25, -0.2) is 4.79 Å². The van der Waals surface area contributed by atoms with Gasteiger partial charge in [0, 0.05) is 5.54 Å². The Morgan fingerprint density at radius 1 is 1.32 bits per heavy atom.